The molecule has 16 heavy (non-hydrogen) atoms. The molecule has 0 unspecified atom stereocenters. The topological polar surface area (TPSA) is 99.0 Å². The van der Waals surface area contributed by atoms with Gasteiger partial charge in [0, 0.05) is 6.07 Å². The first kappa shape index (κ1) is 11.6. The minimum atomic E-state index is 0.0535. The standard InChI is InChI=1S/C10H11N5O/c1-16-9-3-2-8(13)10(14-9)15(6-4-11)7-5-12/h2-3H,6-7,13H2,1H3. The highest BCUT2D eigenvalue weighted by atomic mass is 16.5. The van der Waals surface area contributed by atoms with E-state index >= 15 is 0 Å². The van der Waals surface area contributed by atoms with Gasteiger partial charge < -0.3 is 15.4 Å². The number of nitrogen functional groups attached to an aromatic ring is 1. The first-order chi connectivity index (χ1) is 7.72. The van der Waals surface area contributed by atoms with Crippen LogP contribution < -0.4 is 15.4 Å². The van der Waals surface area contributed by atoms with E-state index < -0.39 is 0 Å². The zero-order chi connectivity index (χ0) is 12.0. The van der Waals surface area contributed by atoms with E-state index in [2.05, 4.69) is 4.98 Å². The molecule has 0 atom stereocenters. The van der Waals surface area contributed by atoms with E-state index in [1.54, 1.807) is 12.1 Å². The predicted octanol–water partition coefficient (Wildman–Crippen LogP) is 0.526. The molecule has 0 aromatic carbocycles. The molecular weight excluding hydrogens is 206 g/mol. The van der Waals surface area contributed by atoms with Crippen molar-refractivity contribution in [3.63, 3.8) is 0 Å². The van der Waals surface area contributed by atoms with Crippen molar-refractivity contribution in [2.24, 2.45) is 0 Å². The first-order valence-electron chi connectivity index (χ1n) is 4.52. The van der Waals surface area contributed by atoms with E-state index in [4.69, 9.17) is 21.0 Å². The Labute approximate surface area is 93.5 Å². The van der Waals surface area contributed by atoms with Crippen LogP contribution in [0.4, 0.5) is 11.5 Å². The van der Waals surface area contributed by atoms with Crippen molar-refractivity contribution in [2.75, 3.05) is 30.8 Å². The van der Waals surface area contributed by atoms with E-state index in [0.29, 0.717) is 17.4 Å². The third kappa shape index (κ3) is 2.52. The van der Waals surface area contributed by atoms with Crippen molar-refractivity contribution in [2.45, 2.75) is 0 Å². The number of aromatic nitrogens is 1. The summed E-state index contributed by atoms with van der Waals surface area (Å²) in [5.74, 6) is 0.785. The first-order valence-corrected chi connectivity index (χ1v) is 4.52. The Kier molecular flexibility index (Phi) is 3.93. The summed E-state index contributed by atoms with van der Waals surface area (Å²) in [5, 5.41) is 17.3. The molecular formula is C10H11N5O. The van der Waals surface area contributed by atoms with E-state index in [1.165, 1.54) is 12.0 Å². The van der Waals surface area contributed by atoms with Crippen LogP contribution in [0.15, 0.2) is 12.1 Å². The molecule has 0 radical (unpaired) electrons. The number of anilines is 2. The van der Waals surface area contributed by atoms with Crippen molar-refractivity contribution < 1.29 is 4.74 Å². The lowest BCUT2D eigenvalue weighted by Gasteiger charge is -2.18. The Balaban J connectivity index is 3.08. The van der Waals surface area contributed by atoms with Crippen LogP contribution in [0.25, 0.3) is 0 Å². The zero-order valence-electron chi connectivity index (χ0n) is 8.84. The van der Waals surface area contributed by atoms with Gasteiger partial charge in [0.2, 0.25) is 5.88 Å². The molecule has 0 saturated heterocycles. The molecule has 0 fully saturated rings. The Hall–Kier alpha value is -2.47. The zero-order valence-corrected chi connectivity index (χ0v) is 8.84. The van der Waals surface area contributed by atoms with Gasteiger partial charge in [-0.15, -0.1) is 0 Å². The summed E-state index contributed by atoms with van der Waals surface area (Å²) in [6, 6.07) is 7.16. The molecule has 1 heterocycles. The van der Waals surface area contributed by atoms with Crippen LogP contribution in [0.3, 0.4) is 0 Å². The van der Waals surface area contributed by atoms with Crippen molar-refractivity contribution in [1.82, 2.24) is 4.98 Å². The molecule has 6 nitrogen and oxygen atoms in total. The molecule has 0 aliphatic heterocycles. The summed E-state index contributed by atoms with van der Waals surface area (Å²) < 4.78 is 4.96. The maximum Gasteiger partial charge on any atom is 0.215 e. The molecule has 6 heteroatoms. The van der Waals surface area contributed by atoms with Gasteiger partial charge in [0.05, 0.1) is 24.9 Å². The normalized spacial score (nSPS) is 8.94. The molecule has 0 saturated carbocycles. The summed E-state index contributed by atoms with van der Waals surface area (Å²) in [6.07, 6.45) is 0. The third-order valence-electron chi connectivity index (χ3n) is 1.91. The number of methoxy groups -OCH3 is 1. The van der Waals surface area contributed by atoms with Crippen molar-refractivity contribution >= 4 is 11.5 Å². The smallest absolute Gasteiger partial charge is 0.215 e. The summed E-state index contributed by atoms with van der Waals surface area (Å²) in [7, 11) is 1.49. The van der Waals surface area contributed by atoms with Crippen LogP contribution >= 0.6 is 0 Å². The summed E-state index contributed by atoms with van der Waals surface area (Å²) in [4.78, 5) is 5.59. The minimum absolute atomic E-state index is 0.0535. The van der Waals surface area contributed by atoms with Gasteiger partial charge in [-0.2, -0.15) is 15.5 Å². The highest BCUT2D eigenvalue weighted by Crippen LogP contribution is 2.23. The highest BCUT2D eigenvalue weighted by molar-refractivity contribution is 5.64. The number of hydrogen-bond donors (Lipinski definition) is 1. The van der Waals surface area contributed by atoms with Gasteiger partial charge in [-0.3, -0.25) is 0 Å². The van der Waals surface area contributed by atoms with Gasteiger partial charge in [-0.05, 0) is 6.07 Å². The van der Waals surface area contributed by atoms with Gasteiger partial charge in [-0.25, -0.2) is 0 Å². The van der Waals surface area contributed by atoms with E-state index in [9.17, 15) is 0 Å². The number of pyridine rings is 1. The van der Waals surface area contributed by atoms with Crippen molar-refractivity contribution in [1.29, 1.82) is 10.5 Å². The average molecular weight is 217 g/mol. The lowest BCUT2D eigenvalue weighted by molar-refractivity contribution is 0.398. The van der Waals surface area contributed by atoms with Crippen LogP contribution in [0, 0.1) is 22.7 Å². The fourth-order valence-electron chi connectivity index (χ4n) is 1.19. The molecule has 82 valence electrons. The number of nitrogens with two attached hydrogens (primary N) is 1. The number of hydrogen-bond acceptors (Lipinski definition) is 6. The highest BCUT2D eigenvalue weighted by Gasteiger charge is 2.11. The lowest BCUT2D eigenvalue weighted by atomic mass is 10.3. The number of nitrogens with zero attached hydrogens (tertiary/aromatic N) is 4. The molecule has 0 amide bonds. The molecule has 1 rings (SSSR count). The van der Waals surface area contributed by atoms with Crippen LogP contribution in [-0.4, -0.2) is 25.2 Å². The summed E-state index contributed by atoms with van der Waals surface area (Å²) in [6.45, 7) is 0.107. The Morgan fingerprint density at radius 1 is 1.38 bits per heavy atom. The largest absolute Gasteiger partial charge is 0.481 e. The van der Waals surface area contributed by atoms with Crippen LogP contribution in [0.5, 0.6) is 5.88 Å². The van der Waals surface area contributed by atoms with Gasteiger partial charge in [0.15, 0.2) is 5.82 Å². The van der Waals surface area contributed by atoms with Crippen LogP contribution in [-0.2, 0) is 0 Å². The Bertz CT molecular complexity index is 430. The second-order valence-corrected chi connectivity index (χ2v) is 2.94. The van der Waals surface area contributed by atoms with Crippen molar-refractivity contribution in [3.05, 3.63) is 12.1 Å². The Morgan fingerprint density at radius 3 is 2.50 bits per heavy atom. The van der Waals surface area contributed by atoms with Gasteiger partial charge in [-0.1, -0.05) is 0 Å². The van der Waals surface area contributed by atoms with Gasteiger partial charge >= 0.3 is 0 Å². The summed E-state index contributed by atoms with van der Waals surface area (Å²) in [5.41, 5.74) is 6.14. The molecule has 0 bridgehead atoms. The molecule has 1 aromatic heterocycles. The van der Waals surface area contributed by atoms with Crippen LogP contribution in [0.1, 0.15) is 0 Å². The molecule has 0 aliphatic rings. The van der Waals surface area contributed by atoms with E-state index in [1.807, 2.05) is 12.1 Å². The van der Waals surface area contributed by atoms with E-state index in [0.717, 1.165) is 0 Å². The average Bonchev–Trinajstić information content (AvgIpc) is 2.29. The molecule has 0 aliphatic carbocycles. The van der Waals surface area contributed by atoms with E-state index in [-0.39, 0.29) is 13.1 Å². The molecule has 1 aromatic rings. The minimum Gasteiger partial charge on any atom is -0.481 e. The fourth-order valence-corrected chi connectivity index (χ4v) is 1.19. The predicted molar refractivity (Wildman–Crippen MR) is 58.6 cm³/mol. The number of rotatable bonds is 4. The quantitative estimate of drug-likeness (QED) is 0.738. The molecule has 0 spiro atoms. The lowest BCUT2D eigenvalue weighted by Crippen LogP contribution is -2.25. The number of ether oxygens (including phenoxy) is 1. The number of nitriles is 2. The van der Waals surface area contributed by atoms with Gasteiger partial charge in [0.1, 0.15) is 13.1 Å². The van der Waals surface area contributed by atoms with Crippen molar-refractivity contribution in [3.8, 4) is 18.0 Å². The maximum absolute atomic E-state index is 8.64. The molecule has 2 N–H and O–H groups in total. The monoisotopic (exact) mass is 217 g/mol. The maximum atomic E-state index is 8.64. The summed E-state index contributed by atoms with van der Waals surface area (Å²) >= 11 is 0. The Morgan fingerprint density at radius 2 is 2.00 bits per heavy atom. The second kappa shape index (κ2) is 5.42. The SMILES string of the molecule is COc1ccc(N)c(N(CC#N)CC#N)n1. The van der Waals surface area contributed by atoms with Gasteiger partial charge in [0.25, 0.3) is 0 Å². The van der Waals surface area contributed by atoms with Crippen LogP contribution in [0.2, 0.25) is 0 Å². The second-order valence-electron chi connectivity index (χ2n) is 2.94. The fraction of sp³-hybridized carbons (Fsp3) is 0.300. The third-order valence-corrected chi connectivity index (χ3v) is 1.91.